The van der Waals surface area contributed by atoms with Crippen molar-refractivity contribution in [3.63, 3.8) is 0 Å². The standard InChI is InChI=1S/C15H26N2O4S/c1-15(2,3)8-12(18)17-10-22-9-11(17)14(21)16-7-5-4-6-13(19)20/h11H,4-10H2,1-3H3,(H,16,21)(H,19,20). The number of carboxylic acid groups (broad SMARTS) is 1. The Labute approximate surface area is 136 Å². The molecule has 0 bridgehead atoms. The van der Waals surface area contributed by atoms with E-state index < -0.39 is 12.0 Å². The Kier molecular flexibility index (Phi) is 7.19. The third-order valence-corrected chi connectivity index (χ3v) is 4.32. The maximum Gasteiger partial charge on any atom is 0.303 e. The number of amides is 2. The molecule has 22 heavy (non-hydrogen) atoms. The van der Waals surface area contributed by atoms with Crippen LogP contribution in [0.3, 0.4) is 0 Å². The van der Waals surface area contributed by atoms with Gasteiger partial charge in [-0.25, -0.2) is 0 Å². The van der Waals surface area contributed by atoms with Gasteiger partial charge in [0.05, 0.1) is 5.88 Å². The van der Waals surface area contributed by atoms with Gasteiger partial charge in [-0.2, -0.15) is 0 Å². The lowest BCUT2D eigenvalue weighted by atomic mass is 9.91. The van der Waals surface area contributed by atoms with Crippen LogP contribution in [0.4, 0.5) is 0 Å². The predicted molar refractivity (Wildman–Crippen MR) is 86.5 cm³/mol. The second kappa shape index (κ2) is 8.41. The highest BCUT2D eigenvalue weighted by Crippen LogP contribution is 2.26. The molecule has 126 valence electrons. The number of carbonyl (C=O) groups excluding carboxylic acids is 2. The van der Waals surface area contributed by atoms with Gasteiger partial charge in [0.25, 0.3) is 0 Å². The highest BCUT2D eigenvalue weighted by molar-refractivity contribution is 7.99. The summed E-state index contributed by atoms with van der Waals surface area (Å²) in [6.45, 7) is 6.47. The summed E-state index contributed by atoms with van der Waals surface area (Å²) in [7, 11) is 0. The molecule has 1 aliphatic heterocycles. The molecule has 1 saturated heterocycles. The number of hydrogen-bond donors (Lipinski definition) is 2. The Bertz CT molecular complexity index is 420. The van der Waals surface area contributed by atoms with Crippen molar-refractivity contribution in [1.82, 2.24) is 10.2 Å². The summed E-state index contributed by atoms with van der Waals surface area (Å²) in [5.74, 6) is 0.242. The van der Waals surface area contributed by atoms with Crippen LogP contribution in [0.1, 0.15) is 46.5 Å². The summed E-state index contributed by atoms with van der Waals surface area (Å²) in [5, 5.41) is 11.4. The molecule has 7 heteroatoms. The van der Waals surface area contributed by atoms with E-state index in [1.54, 1.807) is 16.7 Å². The van der Waals surface area contributed by atoms with Crippen LogP contribution >= 0.6 is 11.8 Å². The molecule has 1 fully saturated rings. The number of aliphatic carboxylic acids is 1. The molecule has 2 N–H and O–H groups in total. The molecular weight excluding hydrogens is 304 g/mol. The number of rotatable bonds is 7. The summed E-state index contributed by atoms with van der Waals surface area (Å²) in [6.07, 6.45) is 1.72. The van der Waals surface area contributed by atoms with E-state index in [1.165, 1.54) is 0 Å². The van der Waals surface area contributed by atoms with Crippen molar-refractivity contribution in [2.45, 2.75) is 52.5 Å². The molecule has 1 rings (SSSR count). The van der Waals surface area contributed by atoms with Gasteiger partial charge in [-0.1, -0.05) is 20.8 Å². The minimum atomic E-state index is -0.822. The van der Waals surface area contributed by atoms with Crippen molar-refractivity contribution in [2.24, 2.45) is 5.41 Å². The predicted octanol–water partition coefficient (Wildman–Crippen LogP) is 1.70. The number of hydrogen-bond acceptors (Lipinski definition) is 4. The lowest BCUT2D eigenvalue weighted by molar-refractivity contribution is -0.139. The Morgan fingerprint density at radius 1 is 1.27 bits per heavy atom. The smallest absolute Gasteiger partial charge is 0.303 e. The van der Waals surface area contributed by atoms with Crippen molar-refractivity contribution in [2.75, 3.05) is 18.2 Å². The minimum absolute atomic E-state index is 0.0172. The van der Waals surface area contributed by atoms with E-state index in [0.717, 1.165) is 0 Å². The Balaban J connectivity index is 2.40. The monoisotopic (exact) mass is 330 g/mol. The topological polar surface area (TPSA) is 86.7 Å². The second-order valence-electron chi connectivity index (χ2n) is 6.76. The number of unbranched alkanes of at least 4 members (excludes halogenated alkanes) is 1. The van der Waals surface area contributed by atoms with Crippen molar-refractivity contribution < 1.29 is 19.5 Å². The lowest BCUT2D eigenvalue weighted by Crippen LogP contribution is -2.48. The molecule has 2 amide bonds. The molecule has 0 spiro atoms. The van der Waals surface area contributed by atoms with Crippen LogP contribution in [0.2, 0.25) is 0 Å². The number of carboxylic acids is 1. The van der Waals surface area contributed by atoms with Gasteiger partial charge in [0.2, 0.25) is 11.8 Å². The molecule has 1 heterocycles. The van der Waals surface area contributed by atoms with Crippen LogP contribution in [-0.4, -0.2) is 52.0 Å². The zero-order valence-corrected chi connectivity index (χ0v) is 14.4. The molecule has 0 radical (unpaired) electrons. The second-order valence-corrected chi connectivity index (χ2v) is 7.76. The largest absolute Gasteiger partial charge is 0.481 e. The van der Waals surface area contributed by atoms with Crippen molar-refractivity contribution in [1.29, 1.82) is 0 Å². The highest BCUT2D eigenvalue weighted by Gasteiger charge is 2.35. The fourth-order valence-corrected chi connectivity index (χ4v) is 3.37. The average Bonchev–Trinajstić information content (AvgIpc) is 2.84. The molecule has 6 nitrogen and oxygen atoms in total. The van der Waals surface area contributed by atoms with Crippen molar-refractivity contribution >= 4 is 29.5 Å². The van der Waals surface area contributed by atoms with Crippen LogP contribution in [0, 0.1) is 5.41 Å². The average molecular weight is 330 g/mol. The molecule has 0 aliphatic carbocycles. The zero-order valence-electron chi connectivity index (χ0n) is 13.6. The van der Waals surface area contributed by atoms with Gasteiger partial charge in [-0.3, -0.25) is 14.4 Å². The summed E-state index contributed by atoms with van der Waals surface area (Å²) < 4.78 is 0. The molecule has 0 aromatic carbocycles. The Hall–Kier alpha value is -1.24. The van der Waals surface area contributed by atoms with E-state index in [-0.39, 0.29) is 23.7 Å². The lowest BCUT2D eigenvalue weighted by Gasteiger charge is -2.26. The minimum Gasteiger partial charge on any atom is -0.481 e. The molecule has 1 unspecified atom stereocenters. The van der Waals surface area contributed by atoms with Crippen LogP contribution in [-0.2, 0) is 14.4 Å². The normalized spacial score (nSPS) is 18.3. The van der Waals surface area contributed by atoms with E-state index in [2.05, 4.69) is 5.32 Å². The SMILES string of the molecule is CC(C)(C)CC(=O)N1CSCC1C(=O)NCCCCC(=O)O. The molecule has 0 aromatic heterocycles. The van der Waals surface area contributed by atoms with Gasteiger partial charge >= 0.3 is 5.97 Å². The molecule has 1 atom stereocenters. The van der Waals surface area contributed by atoms with Gasteiger partial charge in [0.1, 0.15) is 6.04 Å². The van der Waals surface area contributed by atoms with Crippen molar-refractivity contribution in [3.05, 3.63) is 0 Å². The van der Waals surface area contributed by atoms with E-state index in [1.807, 2.05) is 20.8 Å². The van der Waals surface area contributed by atoms with Gasteiger partial charge in [0, 0.05) is 25.1 Å². The Morgan fingerprint density at radius 2 is 1.95 bits per heavy atom. The van der Waals surface area contributed by atoms with Crippen LogP contribution < -0.4 is 5.32 Å². The van der Waals surface area contributed by atoms with Gasteiger partial charge in [-0.15, -0.1) is 11.8 Å². The quantitative estimate of drug-likeness (QED) is 0.694. The molecule has 0 saturated carbocycles. The van der Waals surface area contributed by atoms with Gasteiger partial charge < -0.3 is 15.3 Å². The highest BCUT2D eigenvalue weighted by atomic mass is 32.2. The molecule has 0 aromatic rings. The number of thioether (sulfide) groups is 1. The first kappa shape index (κ1) is 18.8. The first-order chi connectivity index (χ1) is 10.2. The molecule has 1 aliphatic rings. The van der Waals surface area contributed by atoms with Crippen molar-refractivity contribution in [3.8, 4) is 0 Å². The summed E-state index contributed by atoms with van der Waals surface area (Å²) in [4.78, 5) is 36.5. The van der Waals surface area contributed by atoms with Crippen LogP contribution in [0.25, 0.3) is 0 Å². The van der Waals surface area contributed by atoms with Crippen LogP contribution in [0.5, 0.6) is 0 Å². The maximum atomic E-state index is 12.3. The van der Waals surface area contributed by atoms with Gasteiger partial charge in [0.15, 0.2) is 0 Å². The first-order valence-electron chi connectivity index (χ1n) is 7.57. The Morgan fingerprint density at radius 3 is 2.55 bits per heavy atom. The summed E-state index contributed by atoms with van der Waals surface area (Å²) >= 11 is 1.59. The maximum absolute atomic E-state index is 12.3. The third kappa shape index (κ3) is 6.68. The summed E-state index contributed by atoms with van der Waals surface area (Å²) in [5.41, 5.74) is -0.0950. The fraction of sp³-hybridized carbons (Fsp3) is 0.800. The number of carbonyl (C=O) groups is 3. The van der Waals surface area contributed by atoms with E-state index >= 15 is 0 Å². The van der Waals surface area contributed by atoms with Crippen LogP contribution in [0.15, 0.2) is 0 Å². The number of nitrogens with zero attached hydrogens (tertiary/aromatic N) is 1. The fourth-order valence-electron chi connectivity index (χ4n) is 2.19. The summed E-state index contributed by atoms with van der Waals surface area (Å²) in [6, 6.07) is -0.403. The first-order valence-corrected chi connectivity index (χ1v) is 8.73. The molecular formula is C15H26N2O4S. The van der Waals surface area contributed by atoms with E-state index in [0.29, 0.717) is 37.4 Å². The van der Waals surface area contributed by atoms with E-state index in [4.69, 9.17) is 5.11 Å². The van der Waals surface area contributed by atoms with E-state index in [9.17, 15) is 14.4 Å². The zero-order chi connectivity index (χ0) is 16.8. The van der Waals surface area contributed by atoms with Gasteiger partial charge in [-0.05, 0) is 18.3 Å². The number of nitrogens with one attached hydrogen (secondary N) is 1. The third-order valence-electron chi connectivity index (χ3n) is 3.30.